The Balaban J connectivity index is 2.62. The molecule has 1 saturated carbocycles. The van der Waals surface area contributed by atoms with Gasteiger partial charge in [0.05, 0.1) is 6.07 Å². The zero-order valence-electron chi connectivity index (χ0n) is 10.3. The van der Waals surface area contributed by atoms with Crippen LogP contribution in [0.5, 0.6) is 0 Å². The molecular weight excluding hydrogens is 222 g/mol. The second-order valence-corrected chi connectivity index (χ2v) is 6.18. The summed E-state index contributed by atoms with van der Waals surface area (Å²) in [7, 11) is 1.65. The summed E-state index contributed by atoms with van der Waals surface area (Å²) < 4.78 is 5.63. The van der Waals surface area contributed by atoms with Crippen LogP contribution in [0.25, 0.3) is 0 Å². The molecule has 0 N–H and O–H groups in total. The first-order chi connectivity index (χ1) is 7.33. The fourth-order valence-electron chi connectivity index (χ4n) is 3.33. The van der Waals surface area contributed by atoms with Gasteiger partial charge in [0.2, 0.25) is 0 Å². The number of halogens is 1. The Morgan fingerprint density at radius 1 is 1.62 bits per heavy atom. The maximum absolute atomic E-state index is 9.36. The summed E-state index contributed by atoms with van der Waals surface area (Å²) in [5, 5.41) is 9.36. The lowest BCUT2D eigenvalue weighted by Crippen LogP contribution is -2.62. The van der Waals surface area contributed by atoms with Crippen molar-refractivity contribution < 1.29 is 4.74 Å². The highest BCUT2D eigenvalue weighted by molar-refractivity contribution is 6.27. The molecular formula is C13H18ClNO. The van der Waals surface area contributed by atoms with Crippen LogP contribution in [-0.4, -0.2) is 17.6 Å². The van der Waals surface area contributed by atoms with Crippen molar-refractivity contribution in [2.75, 3.05) is 7.11 Å². The molecule has 0 aromatic carbocycles. The first-order valence-electron chi connectivity index (χ1n) is 5.69. The fourth-order valence-corrected chi connectivity index (χ4v) is 3.81. The van der Waals surface area contributed by atoms with Gasteiger partial charge in [-0.25, -0.2) is 0 Å². The molecule has 0 aromatic heterocycles. The lowest BCUT2D eigenvalue weighted by molar-refractivity contribution is -0.0768. The molecule has 1 unspecified atom stereocenters. The van der Waals surface area contributed by atoms with Crippen LogP contribution in [0.4, 0.5) is 0 Å². The van der Waals surface area contributed by atoms with E-state index in [1.165, 1.54) is 5.57 Å². The molecule has 0 saturated heterocycles. The number of rotatable bonds is 1. The minimum absolute atomic E-state index is 0.0394. The Morgan fingerprint density at radius 3 is 2.69 bits per heavy atom. The molecule has 1 fully saturated rings. The third kappa shape index (κ3) is 1.16. The van der Waals surface area contributed by atoms with Crippen LogP contribution in [0.2, 0.25) is 0 Å². The quantitative estimate of drug-likeness (QED) is 0.520. The zero-order valence-corrected chi connectivity index (χ0v) is 11.1. The third-order valence-corrected chi connectivity index (χ3v) is 5.41. The maximum Gasteiger partial charge on any atom is 0.164 e. The highest BCUT2D eigenvalue weighted by atomic mass is 35.5. The van der Waals surface area contributed by atoms with Crippen molar-refractivity contribution in [2.45, 2.75) is 44.1 Å². The van der Waals surface area contributed by atoms with E-state index in [-0.39, 0.29) is 5.41 Å². The van der Waals surface area contributed by atoms with E-state index in [9.17, 15) is 5.26 Å². The second kappa shape index (κ2) is 3.24. The van der Waals surface area contributed by atoms with Crippen LogP contribution in [-0.2, 0) is 4.74 Å². The molecule has 3 aliphatic carbocycles. The van der Waals surface area contributed by atoms with Gasteiger partial charge < -0.3 is 4.74 Å². The highest BCUT2D eigenvalue weighted by Gasteiger charge is 2.63. The average molecular weight is 240 g/mol. The Labute approximate surface area is 102 Å². The van der Waals surface area contributed by atoms with Crippen LogP contribution in [0.1, 0.15) is 33.6 Å². The smallest absolute Gasteiger partial charge is 0.164 e. The SMILES string of the molecule is CO[C@@]12C=C(C)[C@@](C)(CC1(Cl)C#N)[C@H](C)C2. The minimum atomic E-state index is -0.914. The van der Waals surface area contributed by atoms with Crippen molar-refractivity contribution in [2.24, 2.45) is 11.3 Å². The van der Waals surface area contributed by atoms with Crippen LogP contribution in [0.3, 0.4) is 0 Å². The Kier molecular flexibility index (Phi) is 2.42. The highest BCUT2D eigenvalue weighted by Crippen LogP contribution is 2.61. The van der Waals surface area contributed by atoms with Crippen LogP contribution < -0.4 is 0 Å². The molecule has 88 valence electrons. The number of allylic oxidation sites excluding steroid dienone is 1. The van der Waals surface area contributed by atoms with E-state index in [0.29, 0.717) is 12.3 Å². The Bertz CT molecular complexity index is 399. The number of alkyl halides is 1. The molecule has 16 heavy (non-hydrogen) atoms. The first kappa shape index (κ1) is 12.0. The molecule has 0 amide bonds. The number of hydrogen-bond acceptors (Lipinski definition) is 2. The summed E-state index contributed by atoms with van der Waals surface area (Å²) >= 11 is 6.50. The Hall–Kier alpha value is -0.520. The predicted octanol–water partition coefficient (Wildman–Crippen LogP) is 3.27. The summed E-state index contributed by atoms with van der Waals surface area (Å²) in [6, 6.07) is 2.27. The van der Waals surface area contributed by atoms with Gasteiger partial charge in [0.1, 0.15) is 5.60 Å². The minimum Gasteiger partial charge on any atom is -0.371 e. The normalized spacial score (nSPS) is 51.0. The van der Waals surface area contributed by atoms with E-state index in [1.54, 1.807) is 7.11 Å². The summed E-state index contributed by atoms with van der Waals surface area (Å²) in [6.45, 7) is 6.55. The lowest BCUT2D eigenvalue weighted by atomic mass is 9.51. The molecule has 4 atom stereocenters. The van der Waals surface area contributed by atoms with E-state index in [1.807, 2.05) is 0 Å². The van der Waals surface area contributed by atoms with E-state index in [4.69, 9.17) is 16.3 Å². The van der Waals surface area contributed by atoms with Crippen molar-refractivity contribution in [1.29, 1.82) is 5.26 Å². The molecule has 2 bridgehead atoms. The van der Waals surface area contributed by atoms with Gasteiger partial charge in [0.25, 0.3) is 0 Å². The van der Waals surface area contributed by atoms with E-state index < -0.39 is 10.5 Å². The van der Waals surface area contributed by atoms with E-state index in [2.05, 4.69) is 32.9 Å². The topological polar surface area (TPSA) is 33.0 Å². The second-order valence-electron chi connectivity index (χ2n) is 5.53. The number of nitriles is 1. The summed E-state index contributed by atoms with van der Waals surface area (Å²) in [5.41, 5.74) is 0.738. The van der Waals surface area contributed by atoms with Crippen LogP contribution in [0.15, 0.2) is 11.6 Å². The molecule has 0 radical (unpaired) electrons. The average Bonchev–Trinajstić information content (AvgIpc) is 2.24. The van der Waals surface area contributed by atoms with Crippen molar-refractivity contribution in [3.63, 3.8) is 0 Å². The summed E-state index contributed by atoms with van der Waals surface area (Å²) in [6.07, 6.45) is 3.58. The van der Waals surface area contributed by atoms with Gasteiger partial charge in [-0.1, -0.05) is 37.1 Å². The van der Waals surface area contributed by atoms with Crippen LogP contribution >= 0.6 is 11.6 Å². The monoisotopic (exact) mass is 239 g/mol. The Morgan fingerprint density at radius 2 is 2.25 bits per heavy atom. The number of fused-ring (bicyclic) bond motifs is 2. The van der Waals surface area contributed by atoms with Crippen molar-refractivity contribution in [1.82, 2.24) is 0 Å². The maximum atomic E-state index is 9.36. The summed E-state index contributed by atoms with van der Waals surface area (Å²) in [4.78, 5) is -0.914. The first-order valence-corrected chi connectivity index (χ1v) is 6.07. The molecule has 3 heteroatoms. The molecule has 0 spiro atoms. The van der Waals surface area contributed by atoms with Gasteiger partial charge in [-0.3, -0.25) is 0 Å². The number of ether oxygens (including phenoxy) is 1. The number of hydrogen-bond donors (Lipinski definition) is 0. The lowest BCUT2D eigenvalue weighted by Gasteiger charge is -2.58. The molecule has 0 aliphatic heterocycles. The number of methoxy groups -OCH3 is 1. The molecule has 3 aliphatic rings. The van der Waals surface area contributed by atoms with E-state index >= 15 is 0 Å². The van der Waals surface area contributed by atoms with E-state index in [0.717, 1.165) is 6.42 Å². The van der Waals surface area contributed by atoms with Gasteiger partial charge in [-0.05, 0) is 31.1 Å². The van der Waals surface area contributed by atoms with Gasteiger partial charge in [-0.2, -0.15) is 5.26 Å². The third-order valence-electron chi connectivity index (χ3n) is 4.87. The summed E-state index contributed by atoms with van der Waals surface area (Å²) in [5.74, 6) is 0.498. The van der Waals surface area contributed by atoms with Gasteiger partial charge in [0, 0.05) is 7.11 Å². The zero-order chi connectivity index (χ0) is 12.2. The van der Waals surface area contributed by atoms with Gasteiger partial charge in [-0.15, -0.1) is 0 Å². The van der Waals surface area contributed by atoms with Gasteiger partial charge >= 0.3 is 0 Å². The number of nitrogens with zero attached hydrogens (tertiary/aromatic N) is 1. The van der Waals surface area contributed by atoms with Crippen molar-refractivity contribution in [3.05, 3.63) is 11.6 Å². The van der Waals surface area contributed by atoms with Crippen molar-refractivity contribution >= 4 is 11.6 Å². The molecule has 2 nitrogen and oxygen atoms in total. The van der Waals surface area contributed by atoms with Gasteiger partial charge in [0.15, 0.2) is 4.87 Å². The molecule has 3 rings (SSSR count). The standard InChI is InChI=1S/C13H18ClNO/c1-9-5-13(16-4)6-10(2)11(9,3)7-12(13,14)8-15/h5,10H,6-7H2,1-4H3/t10-,11-,12?,13-/m1/s1. The fraction of sp³-hybridized carbons (Fsp3) is 0.769. The molecule has 0 aromatic rings. The van der Waals surface area contributed by atoms with Crippen molar-refractivity contribution in [3.8, 4) is 6.07 Å². The van der Waals surface area contributed by atoms with Crippen LogP contribution in [0, 0.1) is 22.7 Å². The predicted molar refractivity (Wildman–Crippen MR) is 64.2 cm³/mol. The largest absolute Gasteiger partial charge is 0.371 e. The molecule has 0 heterocycles.